The van der Waals surface area contributed by atoms with Crippen LogP contribution in [0.3, 0.4) is 0 Å². The van der Waals surface area contributed by atoms with Crippen LogP contribution < -0.4 is 0 Å². The topological polar surface area (TPSA) is 81.5 Å². The van der Waals surface area contributed by atoms with Gasteiger partial charge in [0.1, 0.15) is 5.82 Å². The van der Waals surface area contributed by atoms with Crippen LogP contribution in [0.15, 0.2) is 59.9 Å². The third-order valence-corrected chi connectivity index (χ3v) is 7.79. The number of hydrogen-bond acceptors (Lipinski definition) is 5. The number of imidazole rings is 1. The lowest BCUT2D eigenvalue weighted by Crippen LogP contribution is -2.32. The molecule has 1 fully saturated rings. The van der Waals surface area contributed by atoms with Crippen molar-refractivity contribution in [3.8, 4) is 0 Å². The predicted molar refractivity (Wildman–Crippen MR) is 130 cm³/mol. The van der Waals surface area contributed by atoms with Gasteiger partial charge in [0.05, 0.1) is 36.8 Å². The van der Waals surface area contributed by atoms with Crippen molar-refractivity contribution >= 4 is 27.3 Å². The number of halogens is 2. The van der Waals surface area contributed by atoms with Crippen LogP contribution in [0.4, 0.5) is 4.39 Å². The van der Waals surface area contributed by atoms with E-state index >= 15 is 0 Å². The number of rotatable bonds is 9. The van der Waals surface area contributed by atoms with E-state index in [4.69, 9.17) is 16.3 Å². The van der Waals surface area contributed by atoms with Gasteiger partial charge in [-0.1, -0.05) is 35.9 Å². The van der Waals surface area contributed by atoms with Crippen molar-refractivity contribution in [3.05, 3.63) is 82.4 Å². The van der Waals surface area contributed by atoms with E-state index in [1.54, 1.807) is 39.8 Å². The minimum absolute atomic E-state index is 0.0760. The van der Waals surface area contributed by atoms with Gasteiger partial charge in [0.2, 0.25) is 15.0 Å². The summed E-state index contributed by atoms with van der Waals surface area (Å²) in [6.45, 7) is 3.29. The molecule has 1 aliphatic heterocycles. The molecule has 0 saturated carbocycles. The Kier molecular flexibility index (Phi) is 7.88. The normalized spacial score (nSPS) is 15.9. The van der Waals surface area contributed by atoms with Gasteiger partial charge in [0, 0.05) is 29.3 Å². The highest BCUT2D eigenvalue weighted by Crippen LogP contribution is 2.24. The standard InChI is InChI=1S/C25H27ClFN3O4S/c1-2-29(24(31)18-8-5-9-20(26)13-18)15-21-14-28-25(30(21)16-22-10-6-12-34-22)35(32,33)17-19-7-3-4-11-23(19)27/h3-5,7-9,11,13-14,22H,2,6,10,12,15-17H2,1H3. The molecule has 2 aromatic carbocycles. The van der Waals surface area contributed by atoms with Gasteiger partial charge in [-0.3, -0.25) is 4.79 Å². The molecule has 35 heavy (non-hydrogen) atoms. The Hall–Kier alpha value is -2.75. The van der Waals surface area contributed by atoms with Gasteiger partial charge in [-0.15, -0.1) is 0 Å². The van der Waals surface area contributed by atoms with Crippen molar-refractivity contribution in [2.45, 2.75) is 49.9 Å². The van der Waals surface area contributed by atoms with Gasteiger partial charge in [0.15, 0.2) is 0 Å². The molecule has 1 amide bonds. The monoisotopic (exact) mass is 519 g/mol. The zero-order chi connectivity index (χ0) is 25.0. The van der Waals surface area contributed by atoms with Gasteiger partial charge in [-0.05, 0) is 44.0 Å². The number of sulfone groups is 1. The minimum Gasteiger partial charge on any atom is -0.376 e. The van der Waals surface area contributed by atoms with Crippen LogP contribution in [0.25, 0.3) is 0 Å². The molecule has 7 nitrogen and oxygen atoms in total. The van der Waals surface area contributed by atoms with Gasteiger partial charge in [-0.2, -0.15) is 0 Å². The lowest BCUT2D eigenvalue weighted by Gasteiger charge is -2.23. The molecular weight excluding hydrogens is 493 g/mol. The van der Waals surface area contributed by atoms with Crippen molar-refractivity contribution in [1.29, 1.82) is 0 Å². The fourth-order valence-corrected chi connectivity index (χ4v) is 5.87. The minimum atomic E-state index is -3.97. The molecule has 1 unspecified atom stereocenters. The number of benzene rings is 2. The van der Waals surface area contributed by atoms with Gasteiger partial charge < -0.3 is 14.2 Å². The summed E-state index contributed by atoms with van der Waals surface area (Å²) in [5.74, 6) is -1.32. The van der Waals surface area contributed by atoms with Crippen LogP contribution >= 0.6 is 11.6 Å². The molecule has 1 aromatic heterocycles. The first-order valence-electron chi connectivity index (χ1n) is 11.5. The average Bonchev–Trinajstić information content (AvgIpc) is 3.49. The molecule has 186 valence electrons. The lowest BCUT2D eigenvalue weighted by atomic mass is 10.2. The average molecular weight is 520 g/mol. The Bertz CT molecular complexity index is 1310. The third-order valence-electron chi connectivity index (χ3n) is 5.99. The number of nitrogens with zero attached hydrogens (tertiary/aromatic N) is 3. The van der Waals surface area contributed by atoms with Crippen LogP contribution in [-0.4, -0.2) is 48.0 Å². The first kappa shape index (κ1) is 25.3. The summed E-state index contributed by atoms with van der Waals surface area (Å²) in [6.07, 6.45) is 2.99. The molecule has 0 N–H and O–H groups in total. The van der Waals surface area contributed by atoms with E-state index < -0.39 is 21.4 Å². The zero-order valence-electron chi connectivity index (χ0n) is 19.4. The Morgan fingerprint density at radius 3 is 2.74 bits per heavy atom. The molecule has 1 saturated heterocycles. The number of carbonyl (C=O) groups excluding carboxylic acids is 1. The molecule has 1 aliphatic rings. The van der Waals surface area contributed by atoms with Crippen molar-refractivity contribution in [3.63, 3.8) is 0 Å². The quantitative estimate of drug-likeness (QED) is 0.416. The summed E-state index contributed by atoms with van der Waals surface area (Å²) in [6, 6.07) is 12.5. The molecule has 10 heteroatoms. The summed E-state index contributed by atoms with van der Waals surface area (Å²) < 4.78 is 48.2. The number of ether oxygens (including phenoxy) is 1. The van der Waals surface area contributed by atoms with Crippen LogP contribution in [0.5, 0.6) is 0 Å². The molecular formula is C25H27ClFN3O4S. The van der Waals surface area contributed by atoms with E-state index in [9.17, 15) is 17.6 Å². The summed E-state index contributed by atoms with van der Waals surface area (Å²) in [4.78, 5) is 19.0. The van der Waals surface area contributed by atoms with E-state index in [0.29, 0.717) is 29.4 Å². The lowest BCUT2D eigenvalue weighted by molar-refractivity contribution is 0.0741. The maximum absolute atomic E-state index is 14.2. The number of hydrogen-bond donors (Lipinski definition) is 0. The van der Waals surface area contributed by atoms with E-state index in [0.717, 1.165) is 12.8 Å². The summed E-state index contributed by atoms with van der Waals surface area (Å²) in [5.41, 5.74) is 1.08. The van der Waals surface area contributed by atoms with Crippen molar-refractivity contribution in [1.82, 2.24) is 14.5 Å². The number of aromatic nitrogens is 2. The SMILES string of the molecule is CCN(Cc1cnc(S(=O)(=O)Cc2ccccc2F)n1CC1CCCO1)C(=O)c1cccc(Cl)c1. The Labute approximate surface area is 209 Å². The van der Waals surface area contributed by atoms with Crippen molar-refractivity contribution in [2.24, 2.45) is 0 Å². The number of carbonyl (C=O) groups is 1. The molecule has 2 heterocycles. The second-order valence-electron chi connectivity index (χ2n) is 8.46. The fourth-order valence-electron chi connectivity index (χ4n) is 4.17. The third kappa shape index (κ3) is 5.91. The van der Waals surface area contributed by atoms with E-state index in [1.807, 2.05) is 6.92 Å². The summed E-state index contributed by atoms with van der Waals surface area (Å²) in [5, 5.41) is 0.300. The summed E-state index contributed by atoms with van der Waals surface area (Å²) in [7, 11) is -3.97. The molecule has 4 rings (SSSR count). The number of amides is 1. The van der Waals surface area contributed by atoms with Gasteiger partial charge >= 0.3 is 0 Å². The highest BCUT2D eigenvalue weighted by atomic mass is 35.5. The maximum Gasteiger partial charge on any atom is 0.254 e. The Morgan fingerprint density at radius 1 is 1.26 bits per heavy atom. The van der Waals surface area contributed by atoms with Gasteiger partial charge in [0.25, 0.3) is 5.91 Å². The highest BCUT2D eigenvalue weighted by molar-refractivity contribution is 7.90. The molecule has 0 spiro atoms. The molecule has 0 radical (unpaired) electrons. The fraction of sp³-hybridized carbons (Fsp3) is 0.360. The van der Waals surface area contributed by atoms with Crippen LogP contribution in [0, 0.1) is 5.82 Å². The van der Waals surface area contributed by atoms with E-state index in [-0.39, 0.29) is 35.8 Å². The van der Waals surface area contributed by atoms with Crippen LogP contribution in [0.1, 0.15) is 41.4 Å². The predicted octanol–water partition coefficient (Wildman–Crippen LogP) is 4.49. The van der Waals surface area contributed by atoms with Gasteiger partial charge in [-0.25, -0.2) is 17.8 Å². The second kappa shape index (κ2) is 10.9. The molecule has 1 atom stereocenters. The largest absolute Gasteiger partial charge is 0.376 e. The van der Waals surface area contributed by atoms with Crippen molar-refractivity contribution in [2.75, 3.05) is 13.2 Å². The molecule has 0 aliphatic carbocycles. The maximum atomic E-state index is 14.2. The van der Waals surface area contributed by atoms with Crippen LogP contribution in [-0.2, 0) is 33.4 Å². The van der Waals surface area contributed by atoms with E-state index in [1.165, 1.54) is 24.4 Å². The van der Waals surface area contributed by atoms with Crippen molar-refractivity contribution < 1.29 is 22.3 Å². The molecule has 0 bridgehead atoms. The Balaban J connectivity index is 1.66. The first-order chi connectivity index (χ1) is 16.8. The molecule has 3 aromatic rings. The van der Waals surface area contributed by atoms with E-state index in [2.05, 4.69) is 4.98 Å². The first-order valence-corrected chi connectivity index (χ1v) is 13.5. The smallest absolute Gasteiger partial charge is 0.254 e. The highest BCUT2D eigenvalue weighted by Gasteiger charge is 2.29. The Morgan fingerprint density at radius 2 is 2.06 bits per heavy atom. The summed E-state index contributed by atoms with van der Waals surface area (Å²) >= 11 is 6.06. The van der Waals surface area contributed by atoms with Crippen LogP contribution in [0.2, 0.25) is 5.02 Å². The zero-order valence-corrected chi connectivity index (χ0v) is 20.9. The second-order valence-corrected chi connectivity index (χ2v) is 10.8.